The average Bonchev–Trinajstić information content (AvgIpc) is 3.52. The van der Waals surface area contributed by atoms with Gasteiger partial charge < -0.3 is 10.5 Å². The number of carbonyl (C=O) groups excluding carboxylic acids is 1. The SMILES string of the molecule is COc1cc(-c2n[nH]c3ncc(-c4ccc5c(c4)CCC(C)(N4CCC[C@H]4C)CC5)cc23)ccc1C(N)=O. The monoisotopic (exact) mass is 509 g/mol. The number of H-pyrrole nitrogens is 1. The van der Waals surface area contributed by atoms with Crippen LogP contribution in [0.5, 0.6) is 5.75 Å². The number of aromatic nitrogens is 3. The van der Waals surface area contributed by atoms with Crippen LogP contribution in [0.1, 0.15) is 61.0 Å². The highest BCUT2D eigenvalue weighted by molar-refractivity contribution is 5.98. The maximum atomic E-state index is 11.7. The van der Waals surface area contributed by atoms with Gasteiger partial charge in [-0.3, -0.25) is 14.8 Å². The van der Waals surface area contributed by atoms with Gasteiger partial charge in [-0.1, -0.05) is 24.3 Å². The first-order valence-corrected chi connectivity index (χ1v) is 13.6. The van der Waals surface area contributed by atoms with Crippen LogP contribution in [0, 0.1) is 0 Å². The lowest BCUT2D eigenvalue weighted by atomic mass is 9.89. The van der Waals surface area contributed by atoms with Gasteiger partial charge in [0.1, 0.15) is 11.4 Å². The minimum absolute atomic E-state index is 0.270. The van der Waals surface area contributed by atoms with Crippen molar-refractivity contribution >= 4 is 16.9 Å². The van der Waals surface area contributed by atoms with Gasteiger partial charge in [-0.05, 0) is 93.8 Å². The van der Waals surface area contributed by atoms with Gasteiger partial charge in [0.05, 0.1) is 12.7 Å². The summed E-state index contributed by atoms with van der Waals surface area (Å²) in [5.74, 6) is -0.0981. The van der Waals surface area contributed by atoms with Gasteiger partial charge in [0, 0.05) is 34.3 Å². The number of carbonyl (C=O) groups is 1. The summed E-state index contributed by atoms with van der Waals surface area (Å²) in [5, 5.41) is 8.49. The first kappa shape index (κ1) is 24.6. The van der Waals surface area contributed by atoms with E-state index in [2.05, 4.69) is 58.2 Å². The third-order valence-electron chi connectivity index (χ3n) is 8.81. The zero-order valence-corrected chi connectivity index (χ0v) is 22.4. The van der Waals surface area contributed by atoms with E-state index in [-0.39, 0.29) is 5.54 Å². The van der Waals surface area contributed by atoms with Crippen molar-refractivity contribution < 1.29 is 9.53 Å². The van der Waals surface area contributed by atoms with Crippen LogP contribution in [-0.4, -0.2) is 51.2 Å². The third kappa shape index (κ3) is 4.25. The smallest absolute Gasteiger partial charge is 0.252 e. The second-order valence-corrected chi connectivity index (χ2v) is 11.1. The Hall–Kier alpha value is -3.71. The molecule has 1 unspecified atom stereocenters. The van der Waals surface area contributed by atoms with E-state index < -0.39 is 5.91 Å². The molecule has 0 bridgehead atoms. The van der Waals surface area contributed by atoms with Gasteiger partial charge >= 0.3 is 0 Å². The summed E-state index contributed by atoms with van der Waals surface area (Å²) in [6.07, 6.45) is 9.19. The first-order chi connectivity index (χ1) is 18.4. The molecule has 6 rings (SSSR count). The molecule has 2 atom stereocenters. The molecule has 1 aliphatic heterocycles. The molecule has 0 spiro atoms. The summed E-state index contributed by atoms with van der Waals surface area (Å²) in [6.45, 7) is 6.10. The van der Waals surface area contributed by atoms with Crippen LogP contribution in [0.4, 0.5) is 0 Å². The molecule has 2 aromatic carbocycles. The number of pyridine rings is 1. The van der Waals surface area contributed by atoms with Crippen molar-refractivity contribution in [1.29, 1.82) is 0 Å². The van der Waals surface area contributed by atoms with Gasteiger partial charge in [0.2, 0.25) is 0 Å². The van der Waals surface area contributed by atoms with Crippen molar-refractivity contribution in [2.75, 3.05) is 13.7 Å². The van der Waals surface area contributed by atoms with Crippen molar-refractivity contribution in [3.05, 3.63) is 65.4 Å². The number of methoxy groups -OCH3 is 1. The van der Waals surface area contributed by atoms with Gasteiger partial charge in [0.15, 0.2) is 5.65 Å². The number of nitrogens with one attached hydrogen (secondary N) is 1. The quantitative estimate of drug-likeness (QED) is 0.345. The van der Waals surface area contributed by atoms with Crippen molar-refractivity contribution in [2.24, 2.45) is 5.73 Å². The highest BCUT2D eigenvalue weighted by Gasteiger charge is 2.38. The number of rotatable bonds is 5. The maximum Gasteiger partial charge on any atom is 0.252 e. The van der Waals surface area contributed by atoms with E-state index in [0.717, 1.165) is 35.0 Å². The number of likely N-dealkylation sites (tertiary alicyclic amines) is 1. The minimum Gasteiger partial charge on any atom is -0.496 e. The van der Waals surface area contributed by atoms with E-state index >= 15 is 0 Å². The van der Waals surface area contributed by atoms with Crippen LogP contribution < -0.4 is 10.5 Å². The topological polar surface area (TPSA) is 97.1 Å². The van der Waals surface area contributed by atoms with Crippen LogP contribution in [0.25, 0.3) is 33.4 Å². The molecule has 196 valence electrons. The highest BCUT2D eigenvalue weighted by Crippen LogP contribution is 2.38. The van der Waals surface area contributed by atoms with E-state index in [4.69, 9.17) is 10.5 Å². The summed E-state index contributed by atoms with van der Waals surface area (Å²) < 4.78 is 5.41. The fraction of sp³-hybridized carbons (Fsp3) is 0.387. The molecule has 7 heteroatoms. The first-order valence-electron chi connectivity index (χ1n) is 13.6. The number of nitrogens with two attached hydrogens (primary N) is 1. The molecule has 3 heterocycles. The Morgan fingerprint density at radius 3 is 2.61 bits per heavy atom. The van der Waals surface area contributed by atoms with Crippen LogP contribution in [-0.2, 0) is 12.8 Å². The highest BCUT2D eigenvalue weighted by atomic mass is 16.5. The van der Waals surface area contributed by atoms with Crippen molar-refractivity contribution in [3.63, 3.8) is 0 Å². The lowest BCUT2D eigenvalue weighted by Gasteiger charge is -2.41. The molecule has 0 radical (unpaired) electrons. The molecule has 4 aromatic rings. The molecular formula is C31H35N5O2. The fourth-order valence-corrected chi connectivity index (χ4v) is 6.56. The van der Waals surface area contributed by atoms with Gasteiger partial charge in [-0.15, -0.1) is 0 Å². The van der Waals surface area contributed by atoms with Gasteiger partial charge in [-0.2, -0.15) is 5.10 Å². The Labute approximate surface area is 223 Å². The lowest BCUT2D eigenvalue weighted by Crippen LogP contribution is -2.48. The van der Waals surface area contributed by atoms with E-state index in [9.17, 15) is 4.79 Å². The molecule has 2 aliphatic rings. The number of nitrogens with zero attached hydrogens (tertiary/aromatic N) is 3. The number of hydrogen-bond acceptors (Lipinski definition) is 5. The van der Waals surface area contributed by atoms with Crippen molar-refractivity contribution in [2.45, 2.75) is 64.0 Å². The predicted octanol–water partition coefficient (Wildman–Crippen LogP) is 5.52. The number of benzene rings is 2. The number of ether oxygens (including phenoxy) is 1. The Kier molecular flexibility index (Phi) is 6.19. The van der Waals surface area contributed by atoms with Crippen LogP contribution in [0.15, 0.2) is 48.7 Å². The van der Waals surface area contributed by atoms with Crippen LogP contribution in [0.3, 0.4) is 0 Å². The predicted molar refractivity (Wildman–Crippen MR) is 150 cm³/mol. The van der Waals surface area contributed by atoms with Crippen LogP contribution in [0.2, 0.25) is 0 Å². The molecule has 1 amide bonds. The molecule has 1 saturated heterocycles. The Bertz CT molecular complexity index is 1530. The van der Waals surface area contributed by atoms with Crippen LogP contribution >= 0.6 is 0 Å². The van der Waals surface area contributed by atoms with E-state index in [1.807, 2.05) is 12.3 Å². The molecule has 7 nitrogen and oxygen atoms in total. The molecule has 1 aliphatic carbocycles. The number of aryl methyl sites for hydroxylation is 2. The second-order valence-electron chi connectivity index (χ2n) is 11.1. The molecule has 1 fully saturated rings. The number of primary amides is 1. The standard InChI is InChI=1S/C31H35N5O2/c1-19-5-4-14-36(19)31(2)12-10-20-6-7-21(15-22(20)11-13-31)24-16-26-28(34-35-30(26)33-18-24)23-8-9-25(29(32)37)27(17-23)38-3/h6-9,15-19H,4-5,10-14H2,1-3H3,(H2,32,37)(H,33,34,35)/t19-,31?/m1/s1. The molecule has 3 N–H and O–H groups in total. The largest absolute Gasteiger partial charge is 0.496 e. The van der Waals surface area contributed by atoms with E-state index in [0.29, 0.717) is 23.0 Å². The number of fused-ring (bicyclic) bond motifs is 2. The number of amides is 1. The minimum atomic E-state index is -0.525. The van der Waals surface area contributed by atoms with Crippen molar-refractivity contribution in [3.8, 4) is 28.1 Å². The molecule has 38 heavy (non-hydrogen) atoms. The molecular weight excluding hydrogens is 474 g/mol. The Balaban J connectivity index is 1.32. The normalized spacial score (nSPS) is 21.8. The fourth-order valence-electron chi connectivity index (χ4n) is 6.56. The average molecular weight is 510 g/mol. The zero-order valence-electron chi connectivity index (χ0n) is 22.4. The van der Waals surface area contributed by atoms with E-state index in [1.54, 1.807) is 12.1 Å². The van der Waals surface area contributed by atoms with Crippen molar-refractivity contribution in [1.82, 2.24) is 20.1 Å². The summed E-state index contributed by atoms with van der Waals surface area (Å²) in [5.41, 5.74) is 13.6. The number of aromatic amines is 1. The maximum absolute atomic E-state index is 11.7. The van der Waals surface area contributed by atoms with E-state index in [1.165, 1.54) is 56.0 Å². The summed E-state index contributed by atoms with van der Waals surface area (Å²) in [7, 11) is 1.53. The summed E-state index contributed by atoms with van der Waals surface area (Å²) in [4.78, 5) is 19.2. The summed E-state index contributed by atoms with van der Waals surface area (Å²) >= 11 is 0. The lowest BCUT2D eigenvalue weighted by molar-refractivity contribution is 0.0821. The Morgan fingerprint density at radius 2 is 1.87 bits per heavy atom. The second kappa shape index (κ2) is 9.55. The number of hydrogen-bond donors (Lipinski definition) is 2. The summed E-state index contributed by atoms with van der Waals surface area (Å²) in [6, 6.07) is 15.0. The third-order valence-corrected chi connectivity index (χ3v) is 8.81. The molecule has 2 aromatic heterocycles. The van der Waals surface area contributed by atoms with Gasteiger partial charge in [0.25, 0.3) is 5.91 Å². The molecule has 0 saturated carbocycles. The Morgan fingerprint density at radius 1 is 1.08 bits per heavy atom. The van der Waals surface area contributed by atoms with Gasteiger partial charge in [-0.25, -0.2) is 4.98 Å². The zero-order chi connectivity index (χ0) is 26.4.